The van der Waals surface area contributed by atoms with Crippen LogP contribution >= 0.6 is 11.3 Å². The number of hydrogen-bond donors (Lipinski definition) is 2. The molecule has 1 heterocycles. The number of thiophene rings is 1. The number of nitrogens with zero attached hydrogens (tertiary/aromatic N) is 1. The van der Waals surface area contributed by atoms with E-state index in [9.17, 15) is 5.11 Å². The largest absolute Gasteiger partial charge is 0.504 e. The molecule has 0 saturated heterocycles. The van der Waals surface area contributed by atoms with E-state index < -0.39 is 0 Å². The van der Waals surface area contributed by atoms with E-state index in [0.717, 1.165) is 10.1 Å². The molecule has 0 aliphatic heterocycles. The molecule has 2 aromatic rings. The highest BCUT2D eigenvalue weighted by Gasteiger charge is 2.10. The lowest BCUT2D eigenvalue weighted by atomic mass is 10.1. The first-order chi connectivity index (χ1) is 6.24. The zero-order chi connectivity index (χ0) is 9.42. The zero-order valence-electron chi connectivity index (χ0n) is 6.61. The van der Waals surface area contributed by atoms with E-state index in [1.165, 1.54) is 11.3 Å². The van der Waals surface area contributed by atoms with Crippen molar-refractivity contribution in [2.45, 2.75) is 0 Å². The van der Waals surface area contributed by atoms with E-state index in [1.807, 2.05) is 17.5 Å². The number of aromatic hydroxyl groups is 1. The average molecular weight is 190 g/mol. The third-order valence-corrected chi connectivity index (χ3v) is 2.80. The van der Waals surface area contributed by atoms with Gasteiger partial charge in [0, 0.05) is 0 Å². The summed E-state index contributed by atoms with van der Waals surface area (Å²) in [5.74, 6) is -0.113. The molecule has 0 aliphatic rings. The SMILES string of the molecule is N#Cc1c(O)c(N)cc2ccsc12. The molecule has 0 unspecified atom stereocenters. The standard InChI is InChI=1S/C9H6N2OS/c10-4-6-8(12)7(11)3-5-1-2-13-9(5)6/h1-3,12H,11H2. The van der Waals surface area contributed by atoms with Gasteiger partial charge in [0.15, 0.2) is 5.75 Å². The number of benzene rings is 1. The van der Waals surface area contributed by atoms with Crippen LogP contribution in [0.3, 0.4) is 0 Å². The third-order valence-electron chi connectivity index (χ3n) is 1.86. The summed E-state index contributed by atoms with van der Waals surface area (Å²) in [6, 6.07) is 5.49. The van der Waals surface area contributed by atoms with Crippen molar-refractivity contribution in [3.8, 4) is 11.8 Å². The van der Waals surface area contributed by atoms with E-state index >= 15 is 0 Å². The van der Waals surface area contributed by atoms with Gasteiger partial charge in [0.2, 0.25) is 0 Å². The fourth-order valence-corrected chi connectivity index (χ4v) is 2.10. The van der Waals surface area contributed by atoms with Gasteiger partial charge in [-0.25, -0.2) is 0 Å². The molecule has 0 radical (unpaired) electrons. The average Bonchev–Trinajstić information content (AvgIpc) is 2.54. The maximum atomic E-state index is 9.47. The summed E-state index contributed by atoms with van der Waals surface area (Å²) in [5, 5.41) is 21.0. The molecule has 0 bridgehead atoms. The summed E-state index contributed by atoms with van der Waals surface area (Å²) in [6.45, 7) is 0. The zero-order valence-corrected chi connectivity index (χ0v) is 7.43. The van der Waals surface area contributed by atoms with Gasteiger partial charge in [-0.2, -0.15) is 5.26 Å². The first-order valence-electron chi connectivity index (χ1n) is 3.63. The van der Waals surface area contributed by atoms with Crippen molar-refractivity contribution in [2.75, 3.05) is 5.73 Å². The molecule has 3 nitrogen and oxygen atoms in total. The van der Waals surface area contributed by atoms with Crippen LogP contribution in [-0.4, -0.2) is 5.11 Å². The molecule has 3 N–H and O–H groups in total. The van der Waals surface area contributed by atoms with Gasteiger partial charge in [-0.15, -0.1) is 11.3 Å². The number of rotatable bonds is 0. The fraction of sp³-hybridized carbons (Fsp3) is 0. The lowest BCUT2D eigenvalue weighted by molar-refractivity contribution is 0.477. The van der Waals surface area contributed by atoms with E-state index in [4.69, 9.17) is 11.0 Å². The number of nitrogens with two attached hydrogens (primary N) is 1. The van der Waals surface area contributed by atoms with Crippen LogP contribution in [0.2, 0.25) is 0 Å². The molecule has 1 aromatic carbocycles. The molecule has 2 rings (SSSR count). The van der Waals surface area contributed by atoms with Gasteiger partial charge >= 0.3 is 0 Å². The van der Waals surface area contributed by atoms with E-state index in [0.29, 0.717) is 0 Å². The fourth-order valence-electron chi connectivity index (χ4n) is 1.23. The first kappa shape index (κ1) is 7.90. The molecule has 0 saturated carbocycles. The Labute approximate surface area is 78.6 Å². The Morgan fingerprint density at radius 3 is 3.00 bits per heavy atom. The second-order valence-electron chi connectivity index (χ2n) is 2.64. The molecule has 4 heteroatoms. The Morgan fingerprint density at radius 2 is 2.31 bits per heavy atom. The highest BCUT2D eigenvalue weighted by molar-refractivity contribution is 7.17. The number of nitriles is 1. The highest BCUT2D eigenvalue weighted by atomic mass is 32.1. The number of phenols is 1. The normalized spacial score (nSPS) is 10.1. The molecule has 64 valence electrons. The Balaban J connectivity index is 2.98. The Bertz CT molecular complexity index is 510. The maximum Gasteiger partial charge on any atom is 0.157 e. The number of hydrogen-bond acceptors (Lipinski definition) is 4. The molecular weight excluding hydrogens is 184 g/mol. The van der Waals surface area contributed by atoms with Gasteiger partial charge in [0.05, 0.1) is 10.4 Å². The van der Waals surface area contributed by atoms with Crippen molar-refractivity contribution >= 4 is 27.1 Å². The second-order valence-corrected chi connectivity index (χ2v) is 3.56. The van der Waals surface area contributed by atoms with Gasteiger partial charge in [0.25, 0.3) is 0 Å². The summed E-state index contributed by atoms with van der Waals surface area (Å²) in [6.07, 6.45) is 0. The van der Waals surface area contributed by atoms with Crippen molar-refractivity contribution in [3.05, 3.63) is 23.1 Å². The van der Waals surface area contributed by atoms with E-state index in [1.54, 1.807) is 6.07 Å². The molecule has 1 aromatic heterocycles. The summed E-state index contributed by atoms with van der Waals surface area (Å²) >= 11 is 1.42. The van der Waals surface area contributed by atoms with Crippen LogP contribution in [0.5, 0.6) is 5.75 Å². The summed E-state index contributed by atoms with van der Waals surface area (Å²) in [4.78, 5) is 0. The van der Waals surface area contributed by atoms with Crippen LogP contribution in [-0.2, 0) is 0 Å². The summed E-state index contributed by atoms with van der Waals surface area (Å²) < 4.78 is 0.786. The van der Waals surface area contributed by atoms with Crippen LogP contribution in [0.25, 0.3) is 10.1 Å². The Hall–Kier alpha value is -1.73. The van der Waals surface area contributed by atoms with Crippen molar-refractivity contribution < 1.29 is 5.11 Å². The van der Waals surface area contributed by atoms with Crippen molar-refractivity contribution in [1.29, 1.82) is 5.26 Å². The molecule has 13 heavy (non-hydrogen) atoms. The summed E-state index contributed by atoms with van der Waals surface area (Å²) in [5.41, 5.74) is 6.05. The highest BCUT2D eigenvalue weighted by Crippen LogP contribution is 2.35. The second kappa shape index (κ2) is 2.64. The smallest absolute Gasteiger partial charge is 0.157 e. The van der Waals surface area contributed by atoms with Crippen LogP contribution in [0.1, 0.15) is 5.56 Å². The van der Waals surface area contributed by atoms with E-state index in [2.05, 4.69) is 0 Å². The van der Waals surface area contributed by atoms with Crippen molar-refractivity contribution in [1.82, 2.24) is 0 Å². The number of nitrogen functional groups attached to an aromatic ring is 1. The summed E-state index contributed by atoms with van der Waals surface area (Å²) in [7, 11) is 0. The predicted octanol–water partition coefficient (Wildman–Crippen LogP) is 2.06. The number of anilines is 1. The van der Waals surface area contributed by atoms with Gasteiger partial charge < -0.3 is 10.8 Å². The van der Waals surface area contributed by atoms with Crippen LogP contribution < -0.4 is 5.73 Å². The Kier molecular flexibility index (Phi) is 1.61. The van der Waals surface area contributed by atoms with Crippen LogP contribution in [0.4, 0.5) is 5.69 Å². The maximum absolute atomic E-state index is 9.47. The molecule has 0 fully saturated rings. The van der Waals surface area contributed by atoms with Crippen molar-refractivity contribution in [2.24, 2.45) is 0 Å². The van der Waals surface area contributed by atoms with E-state index in [-0.39, 0.29) is 17.0 Å². The topological polar surface area (TPSA) is 70.0 Å². The van der Waals surface area contributed by atoms with Gasteiger partial charge in [0.1, 0.15) is 11.6 Å². The van der Waals surface area contributed by atoms with Crippen LogP contribution in [0, 0.1) is 11.3 Å². The molecule has 0 atom stereocenters. The van der Waals surface area contributed by atoms with Gasteiger partial charge in [-0.1, -0.05) is 0 Å². The molecule has 0 spiro atoms. The first-order valence-corrected chi connectivity index (χ1v) is 4.50. The minimum absolute atomic E-state index is 0.113. The number of fused-ring (bicyclic) bond motifs is 1. The number of phenolic OH excluding ortho intramolecular Hbond substituents is 1. The lowest BCUT2D eigenvalue weighted by Crippen LogP contribution is -1.88. The van der Waals surface area contributed by atoms with Gasteiger partial charge in [-0.05, 0) is 22.9 Å². The van der Waals surface area contributed by atoms with Crippen LogP contribution in [0.15, 0.2) is 17.5 Å². The lowest BCUT2D eigenvalue weighted by Gasteiger charge is -2.01. The third kappa shape index (κ3) is 1.02. The van der Waals surface area contributed by atoms with Gasteiger partial charge in [-0.3, -0.25) is 0 Å². The molecular formula is C9H6N2OS. The minimum Gasteiger partial charge on any atom is -0.504 e. The monoisotopic (exact) mass is 190 g/mol. The molecule has 0 amide bonds. The minimum atomic E-state index is -0.113. The quantitative estimate of drug-likeness (QED) is 0.493. The molecule has 0 aliphatic carbocycles. The van der Waals surface area contributed by atoms with Crippen molar-refractivity contribution in [3.63, 3.8) is 0 Å². The Morgan fingerprint density at radius 1 is 1.54 bits per heavy atom. The predicted molar refractivity (Wildman–Crippen MR) is 52.6 cm³/mol.